The number of imide groups is 1. The highest BCUT2D eigenvalue weighted by molar-refractivity contribution is 7.91. The second kappa shape index (κ2) is 10.1. The number of piperidine rings is 2. The summed E-state index contributed by atoms with van der Waals surface area (Å²) < 4.78 is 65.0. The smallest absolute Gasteiger partial charge is 0.273 e. The maximum Gasteiger partial charge on any atom is 0.273 e. The van der Waals surface area contributed by atoms with E-state index in [0.29, 0.717) is 16.7 Å². The number of hydrogen-bond acceptors (Lipinski definition) is 8. The molecule has 2 fully saturated rings. The molecule has 0 radical (unpaired) electrons. The molecule has 0 bridgehead atoms. The third-order valence-electron chi connectivity index (χ3n) is 9.08. The number of aromatic nitrogens is 2. The number of carbonyl (C=O) groups is 3. The van der Waals surface area contributed by atoms with Crippen molar-refractivity contribution in [1.29, 1.82) is 0 Å². The van der Waals surface area contributed by atoms with Gasteiger partial charge in [0.15, 0.2) is 5.03 Å². The summed E-state index contributed by atoms with van der Waals surface area (Å²) in [6.07, 6.45) is 1.68. The molecule has 2 saturated heterocycles. The Morgan fingerprint density at radius 3 is 2.68 bits per heavy atom. The van der Waals surface area contributed by atoms with Crippen molar-refractivity contribution in [1.82, 2.24) is 25.3 Å². The monoisotopic (exact) mass is 645 g/mol. The average Bonchev–Trinajstić information content (AvgIpc) is 3.68. The zero-order chi connectivity index (χ0) is 31.0. The number of sulfone groups is 1. The molecule has 4 aliphatic heterocycles. The summed E-state index contributed by atoms with van der Waals surface area (Å²) in [7, 11) is -4.11. The number of hydrogen-bond donors (Lipinski definition) is 2. The first-order valence-electron chi connectivity index (χ1n) is 14.0. The molecule has 44 heavy (non-hydrogen) atoms. The van der Waals surface area contributed by atoms with Crippen LogP contribution < -0.4 is 10.1 Å². The molecule has 11 nitrogen and oxygen atoms in total. The maximum absolute atomic E-state index is 16.2. The summed E-state index contributed by atoms with van der Waals surface area (Å²) in [5, 5.41) is 8.47. The fourth-order valence-corrected chi connectivity index (χ4v) is 8.64. The predicted octanol–water partition coefficient (Wildman–Crippen LogP) is 2.83. The third-order valence-corrected chi connectivity index (χ3v) is 11.3. The van der Waals surface area contributed by atoms with Gasteiger partial charge in [-0.05, 0) is 37.6 Å². The van der Waals surface area contributed by atoms with Crippen molar-refractivity contribution in [2.75, 3.05) is 19.7 Å². The van der Waals surface area contributed by atoms with Crippen LogP contribution in [0.3, 0.4) is 0 Å². The lowest BCUT2D eigenvalue weighted by molar-refractivity contribution is -0.137. The summed E-state index contributed by atoms with van der Waals surface area (Å²) in [6.45, 7) is -0.808. The Bertz CT molecular complexity index is 1850. The van der Waals surface area contributed by atoms with Crippen LogP contribution in [-0.4, -0.2) is 77.8 Å². The van der Waals surface area contributed by atoms with Crippen molar-refractivity contribution in [3.8, 4) is 5.75 Å². The molecule has 1 aromatic heterocycles. The van der Waals surface area contributed by atoms with Crippen LogP contribution >= 0.6 is 11.6 Å². The Morgan fingerprint density at radius 2 is 1.93 bits per heavy atom. The highest BCUT2D eigenvalue weighted by atomic mass is 35.5. The summed E-state index contributed by atoms with van der Waals surface area (Å²) in [6, 6.07) is 8.14. The molecule has 15 heteroatoms. The minimum absolute atomic E-state index is 0.0144. The van der Waals surface area contributed by atoms with E-state index in [4.69, 9.17) is 16.3 Å². The number of amides is 3. The van der Waals surface area contributed by atoms with Gasteiger partial charge in [0.2, 0.25) is 21.7 Å². The summed E-state index contributed by atoms with van der Waals surface area (Å²) in [4.78, 5) is 40.0. The zero-order valence-corrected chi connectivity index (χ0v) is 24.7. The van der Waals surface area contributed by atoms with Gasteiger partial charge in [0.05, 0.1) is 28.4 Å². The van der Waals surface area contributed by atoms with Gasteiger partial charge in [-0.2, -0.15) is 5.10 Å². The standard InChI is InChI=1S/C29H26ClF2N5O6S/c30-20-3-1-2-4-22(20)44(41,42)26-16(11-33-35-26)12-36-10-9-28(29(31,32)14-36)15-43-24-18-13-37(21-7-8-23(38)34-25(21)39)27(40)17(18)5-6-19(24)28/h1-6,11,21H,7-10,12-15H2,(H,33,35)(H,34,38,39)/t21-,28?/m0/s1. The third kappa shape index (κ3) is 4.25. The van der Waals surface area contributed by atoms with Gasteiger partial charge in [-0.1, -0.05) is 29.8 Å². The molecule has 7 rings (SSSR count). The van der Waals surface area contributed by atoms with Gasteiger partial charge < -0.3 is 9.64 Å². The number of aromatic amines is 1. The number of rotatable bonds is 5. The van der Waals surface area contributed by atoms with Gasteiger partial charge in [0.25, 0.3) is 11.8 Å². The van der Waals surface area contributed by atoms with Crippen LogP contribution in [0, 0.1) is 0 Å². The number of alkyl halides is 2. The molecule has 5 heterocycles. The van der Waals surface area contributed by atoms with E-state index in [0.717, 1.165) is 0 Å². The van der Waals surface area contributed by atoms with Gasteiger partial charge in [0.1, 0.15) is 18.4 Å². The van der Waals surface area contributed by atoms with Gasteiger partial charge in [-0.15, -0.1) is 0 Å². The maximum atomic E-state index is 16.2. The van der Waals surface area contributed by atoms with Crippen LogP contribution in [-0.2, 0) is 37.9 Å². The number of benzene rings is 2. The molecule has 2 atom stereocenters. The van der Waals surface area contributed by atoms with Crippen LogP contribution in [0.15, 0.2) is 52.5 Å². The molecule has 2 N–H and O–H groups in total. The van der Waals surface area contributed by atoms with Crippen LogP contribution in [0.2, 0.25) is 5.02 Å². The molecule has 4 aliphatic rings. The minimum atomic E-state index is -4.11. The summed E-state index contributed by atoms with van der Waals surface area (Å²) >= 11 is 6.13. The highest BCUT2D eigenvalue weighted by Gasteiger charge is 2.62. The number of fused-ring (bicyclic) bond motifs is 4. The molecule has 3 amide bonds. The van der Waals surface area contributed by atoms with Crippen LogP contribution in [0.5, 0.6) is 5.75 Å². The van der Waals surface area contributed by atoms with Crippen LogP contribution in [0.1, 0.15) is 46.3 Å². The largest absolute Gasteiger partial charge is 0.492 e. The summed E-state index contributed by atoms with van der Waals surface area (Å²) in [5.41, 5.74) is -0.353. The number of ether oxygens (including phenoxy) is 1. The second-order valence-electron chi connectivity index (χ2n) is 11.6. The Hall–Kier alpha value is -3.88. The number of H-pyrrole nitrogens is 1. The number of carbonyl (C=O) groups excluding carboxylic acids is 3. The predicted molar refractivity (Wildman–Crippen MR) is 150 cm³/mol. The van der Waals surface area contributed by atoms with E-state index in [-0.39, 0.29) is 71.8 Å². The van der Waals surface area contributed by atoms with Crippen LogP contribution in [0.4, 0.5) is 8.78 Å². The Kier molecular flexibility index (Phi) is 6.61. The fourth-order valence-electron chi connectivity index (χ4n) is 6.77. The molecule has 0 aliphatic carbocycles. The van der Waals surface area contributed by atoms with Crippen molar-refractivity contribution in [2.24, 2.45) is 0 Å². The fraction of sp³-hybridized carbons (Fsp3) is 0.379. The second-order valence-corrected chi connectivity index (χ2v) is 13.8. The van der Waals surface area contributed by atoms with E-state index in [2.05, 4.69) is 15.5 Å². The molecular formula is C29H26ClF2N5O6S. The minimum Gasteiger partial charge on any atom is -0.492 e. The number of nitrogens with zero attached hydrogens (tertiary/aromatic N) is 3. The number of likely N-dealkylation sites (tertiary alicyclic amines) is 1. The van der Waals surface area contributed by atoms with Crippen molar-refractivity contribution < 1.29 is 36.3 Å². The Balaban J connectivity index is 1.13. The lowest BCUT2D eigenvalue weighted by atomic mass is 9.71. The molecule has 1 spiro atoms. The molecule has 230 valence electrons. The first-order valence-corrected chi connectivity index (χ1v) is 15.9. The molecule has 3 aromatic rings. The van der Waals surface area contributed by atoms with E-state index < -0.39 is 51.5 Å². The van der Waals surface area contributed by atoms with Crippen molar-refractivity contribution in [3.63, 3.8) is 0 Å². The topological polar surface area (TPSA) is 142 Å². The SMILES string of the molecule is O=C1CC[C@H](N2Cc3c(ccc4c3OCC43CCN(Cc4c[nH]nc4S(=O)(=O)c4ccccc4Cl)CC3(F)F)C2=O)C(=O)N1. The van der Waals surface area contributed by atoms with Crippen molar-refractivity contribution in [3.05, 3.63) is 69.9 Å². The quantitative estimate of drug-likeness (QED) is 0.404. The van der Waals surface area contributed by atoms with E-state index in [1.165, 1.54) is 46.3 Å². The van der Waals surface area contributed by atoms with E-state index in [9.17, 15) is 22.8 Å². The first kappa shape index (κ1) is 28.9. The van der Waals surface area contributed by atoms with E-state index in [1.54, 1.807) is 6.07 Å². The zero-order valence-electron chi connectivity index (χ0n) is 23.1. The summed E-state index contributed by atoms with van der Waals surface area (Å²) in [5.74, 6) is -4.41. The first-order chi connectivity index (χ1) is 20.9. The Morgan fingerprint density at radius 1 is 1.14 bits per heavy atom. The Labute approximate surface area is 255 Å². The van der Waals surface area contributed by atoms with Crippen molar-refractivity contribution >= 4 is 39.2 Å². The van der Waals surface area contributed by atoms with E-state index in [1.807, 2.05) is 0 Å². The molecular weight excluding hydrogens is 620 g/mol. The average molecular weight is 646 g/mol. The highest BCUT2D eigenvalue weighted by Crippen LogP contribution is 2.55. The van der Waals surface area contributed by atoms with Gasteiger partial charge in [0, 0.05) is 41.4 Å². The molecule has 0 saturated carbocycles. The van der Waals surface area contributed by atoms with Gasteiger partial charge in [-0.25, -0.2) is 17.2 Å². The molecule has 2 aromatic carbocycles. The van der Waals surface area contributed by atoms with Gasteiger partial charge in [-0.3, -0.25) is 29.7 Å². The van der Waals surface area contributed by atoms with Crippen molar-refractivity contribution in [2.45, 2.75) is 59.7 Å². The lowest BCUT2D eigenvalue weighted by Crippen LogP contribution is -2.58. The molecule has 1 unspecified atom stereocenters. The number of nitrogens with one attached hydrogen (secondary N) is 2. The van der Waals surface area contributed by atoms with E-state index >= 15 is 8.78 Å². The lowest BCUT2D eigenvalue weighted by Gasteiger charge is -2.44. The number of halogens is 3. The normalized spacial score (nSPS) is 24.8. The van der Waals surface area contributed by atoms with Crippen LogP contribution in [0.25, 0.3) is 0 Å². The van der Waals surface area contributed by atoms with Gasteiger partial charge >= 0.3 is 0 Å².